The fourth-order valence-electron chi connectivity index (χ4n) is 10.6. The summed E-state index contributed by atoms with van der Waals surface area (Å²) in [6.07, 6.45) is 9.40. The van der Waals surface area contributed by atoms with Crippen molar-refractivity contribution in [3.05, 3.63) is 64.2 Å². The van der Waals surface area contributed by atoms with Crippen molar-refractivity contribution in [3.8, 4) is 5.75 Å². The predicted octanol–water partition coefficient (Wildman–Crippen LogP) is 7.80. The molecule has 0 bridgehead atoms. The molecule has 0 spiro atoms. The first-order valence-electron chi connectivity index (χ1n) is 16.0. The normalized spacial score (nSPS) is 37.7. The summed E-state index contributed by atoms with van der Waals surface area (Å²) < 4.78 is 0. The van der Waals surface area contributed by atoms with Gasteiger partial charge in [-0.15, -0.1) is 0 Å². The van der Waals surface area contributed by atoms with Gasteiger partial charge in [0.05, 0.1) is 10.8 Å². The number of fused-ring (bicyclic) bond motifs is 6. The molecule has 6 rings (SSSR count). The maximum absolute atomic E-state index is 14.8. The number of phenolic OH excluding ortho intramolecular Hbond substituents is 1. The first-order chi connectivity index (χ1) is 19.2. The Kier molecular flexibility index (Phi) is 6.39. The second-order valence-electron chi connectivity index (χ2n) is 15.3. The molecule has 4 aliphatic rings. The van der Waals surface area contributed by atoms with Gasteiger partial charge in [-0.3, -0.25) is 14.5 Å². The van der Waals surface area contributed by atoms with Crippen molar-refractivity contribution >= 4 is 11.8 Å². The van der Waals surface area contributed by atoms with Crippen molar-refractivity contribution in [2.45, 2.75) is 117 Å². The van der Waals surface area contributed by atoms with E-state index in [2.05, 4.69) is 65.8 Å². The summed E-state index contributed by atoms with van der Waals surface area (Å²) in [6, 6.07) is 12.6. The molecule has 0 unspecified atom stereocenters. The molecule has 2 saturated carbocycles. The number of aryl methyl sites for hydroxylation is 3. The number of imide groups is 1. The molecule has 220 valence electrons. The lowest BCUT2D eigenvalue weighted by Crippen LogP contribution is -2.64. The van der Waals surface area contributed by atoms with Gasteiger partial charge in [0.2, 0.25) is 11.8 Å². The maximum atomic E-state index is 14.8. The average molecular weight is 556 g/mol. The van der Waals surface area contributed by atoms with Crippen LogP contribution in [0.5, 0.6) is 5.75 Å². The topological polar surface area (TPSA) is 57.6 Å². The molecule has 1 N–H and O–H groups in total. The fraction of sp³-hybridized carbons (Fsp3) is 0.622. The van der Waals surface area contributed by atoms with E-state index >= 15 is 0 Å². The largest absolute Gasteiger partial charge is 0.508 e. The number of aromatic hydroxyl groups is 1. The van der Waals surface area contributed by atoms with Gasteiger partial charge in [0.25, 0.3) is 0 Å². The molecule has 0 aliphatic heterocycles. The van der Waals surface area contributed by atoms with Gasteiger partial charge >= 0.3 is 0 Å². The molecule has 0 aromatic heterocycles. The van der Waals surface area contributed by atoms with Gasteiger partial charge in [0.15, 0.2) is 0 Å². The van der Waals surface area contributed by atoms with E-state index in [1.807, 2.05) is 6.07 Å². The number of nitrogens with zero attached hydrogens (tertiary/aromatic N) is 1. The summed E-state index contributed by atoms with van der Waals surface area (Å²) in [7, 11) is 1.77. The highest BCUT2D eigenvalue weighted by Gasteiger charge is 2.64. The lowest BCUT2D eigenvalue weighted by molar-refractivity contribution is -0.171. The van der Waals surface area contributed by atoms with Gasteiger partial charge < -0.3 is 5.11 Å². The highest BCUT2D eigenvalue weighted by molar-refractivity contribution is 6.01. The van der Waals surface area contributed by atoms with Crippen molar-refractivity contribution in [2.75, 3.05) is 7.05 Å². The highest BCUT2D eigenvalue weighted by Crippen LogP contribution is 2.66. The van der Waals surface area contributed by atoms with E-state index in [1.165, 1.54) is 27.8 Å². The fourth-order valence-corrected chi connectivity index (χ4v) is 10.6. The second kappa shape index (κ2) is 9.19. The molecule has 4 heteroatoms. The van der Waals surface area contributed by atoms with Crippen LogP contribution in [0.4, 0.5) is 0 Å². The van der Waals surface area contributed by atoms with Gasteiger partial charge in [0, 0.05) is 7.05 Å². The molecule has 41 heavy (non-hydrogen) atoms. The molecule has 2 aromatic rings. The van der Waals surface area contributed by atoms with E-state index in [0.717, 1.165) is 64.2 Å². The molecule has 2 amide bonds. The van der Waals surface area contributed by atoms with E-state index in [-0.39, 0.29) is 34.0 Å². The Morgan fingerprint density at radius 3 is 2.24 bits per heavy atom. The Morgan fingerprint density at radius 2 is 1.49 bits per heavy atom. The molecule has 4 nitrogen and oxygen atoms in total. The maximum Gasteiger partial charge on any atom is 0.235 e. The Bertz CT molecular complexity index is 1430. The second-order valence-corrected chi connectivity index (χ2v) is 15.3. The van der Waals surface area contributed by atoms with Crippen LogP contribution >= 0.6 is 0 Å². The van der Waals surface area contributed by atoms with E-state index in [9.17, 15) is 14.7 Å². The third kappa shape index (κ3) is 3.70. The average Bonchev–Trinajstić information content (AvgIpc) is 2.93. The van der Waals surface area contributed by atoms with Gasteiger partial charge in [-0.1, -0.05) is 77.3 Å². The van der Waals surface area contributed by atoms with Crippen LogP contribution < -0.4 is 0 Å². The quantitative estimate of drug-likeness (QED) is 0.385. The summed E-state index contributed by atoms with van der Waals surface area (Å²) in [5, 5.41) is 10.4. The van der Waals surface area contributed by atoms with Crippen LogP contribution in [0.2, 0.25) is 0 Å². The molecule has 0 saturated heterocycles. The Balaban J connectivity index is 1.35. The highest BCUT2D eigenvalue weighted by atomic mass is 16.3. The van der Waals surface area contributed by atoms with Crippen molar-refractivity contribution < 1.29 is 14.7 Å². The summed E-state index contributed by atoms with van der Waals surface area (Å²) >= 11 is 0. The molecule has 0 heterocycles. The molecule has 2 fully saturated rings. The van der Waals surface area contributed by atoms with Crippen molar-refractivity contribution in [2.24, 2.45) is 22.2 Å². The van der Waals surface area contributed by atoms with Crippen LogP contribution in [-0.2, 0) is 33.3 Å². The number of hydrogen-bond donors (Lipinski definition) is 1. The minimum atomic E-state index is -0.620. The zero-order chi connectivity index (χ0) is 29.6. The van der Waals surface area contributed by atoms with Gasteiger partial charge in [0.1, 0.15) is 5.75 Å². The van der Waals surface area contributed by atoms with Crippen molar-refractivity contribution in [3.63, 3.8) is 0 Å². The predicted molar refractivity (Wildman–Crippen MR) is 164 cm³/mol. The Labute approximate surface area is 246 Å². The summed E-state index contributed by atoms with van der Waals surface area (Å²) in [4.78, 5) is 31.0. The first-order valence-corrected chi connectivity index (χ1v) is 16.0. The SMILES string of the molecule is Cc1ccc2c(c1)[C@@]1(C)CCC[C@](C)(C(=O)N(C)C(=O)[C@@]3(C)CCC[C@]4(C)c5cc(O)ccc5CC[C@@H]34)[C@]1(C)CC2. The third-order valence-electron chi connectivity index (χ3n) is 13.5. The smallest absolute Gasteiger partial charge is 0.235 e. The molecular formula is C37H49NO3. The number of carbonyl (C=O) groups excluding carboxylic acids is 2. The monoisotopic (exact) mass is 555 g/mol. The lowest BCUT2D eigenvalue weighted by Gasteiger charge is -2.63. The Hall–Kier alpha value is -2.62. The molecule has 6 atom stereocenters. The lowest BCUT2D eigenvalue weighted by atomic mass is 9.41. The van der Waals surface area contributed by atoms with Gasteiger partial charge in [-0.25, -0.2) is 0 Å². The van der Waals surface area contributed by atoms with Crippen molar-refractivity contribution in [1.29, 1.82) is 0 Å². The van der Waals surface area contributed by atoms with Gasteiger partial charge in [-0.05, 0) is 115 Å². The van der Waals surface area contributed by atoms with E-state index in [0.29, 0.717) is 5.75 Å². The minimum Gasteiger partial charge on any atom is -0.508 e. The number of benzene rings is 2. The van der Waals surface area contributed by atoms with E-state index in [1.54, 1.807) is 18.0 Å². The van der Waals surface area contributed by atoms with Crippen LogP contribution in [0.15, 0.2) is 36.4 Å². The van der Waals surface area contributed by atoms with Crippen LogP contribution in [0.3, 0.4) is 0 Å². The molecular weight excluding hydrogens is 506 g/mol. The third-order valence-corrected chi connectivity index (χ3v) is 13.5. The zero-order valence-corrected chi connectivity index (χ0v) is 26.3. The number of carbonyl (C=O) groups is 2. The molecule has 2 aromatic carbocycles. The van der Waals surface area contributed by atoms with Crippen LogP contribution in [0, 0.1) is 29.1 Å². The number of phenols is 1. The Morgan fingerprint density at radius 1 is 0.805 bits per heavy atom. The van der Waals surface area contributed by atoms with E-state index in [4.69, 9.17) is 0 Å². The van der Waals surface area contributed by atoms with Crippen LogP contribution in [0.1, 0.15) is 114 Å². The van der Waals surface area contributed by atoms with Crippen LogP contribution in [-0.4, -0.2) is 28.9 Å². The minimum absolute atomic E-state index is 0.00816. The van der Waals surface area contributed by atoms with E-state index < -0.39 is 10.8 Å². The van der Waals surface area contributed by atoms with Gasteiger partial charge in [-0.2, -0.15) is 0 Å². The van der Waals surface area contributed by atoms with Crippen LogP contribution in [0.25, 0.3) is 0 Å². The summed E-state index contributed by atoms with van der Waals surface area (Å²) in [5.41, 5.74) is 4.82. The molecule has 0 radical (unpaired) electrons. The zero-order valence-electron chi connectivity index (χ0n) is 26.3. The standard InChI is InChI=1S/C37H49NO3/c1-24-10-11-26-16-21-37(6)35(4,29(26)22-24)19-9-20-36(37,5)32(41)38(7)31(40)34(3)18-8-17-33(2)28-23-27(39)14-12-25(28)13-15-30(33)34/h10-12,14,22-23,30,39H,8-9,13,15-21H2,1-7H3/t30-,33-,34+,35-,36-,37-/m1/s1. The first kappa shape index (κ1) is 28.5. The number of amides is 2. The number of rotatable bonds is 2. The summed E-state index contributed by atoms with van der Waals surface area (Å²) in [6.45, 7) is 13.5. The summed E-state index contributed by atoms with van der Waals surface area (Å²) in [5.74, 6) is 0.424. The number of hydrogen-bond acceptors (Lipinski definition) is 3. The van der Waals surface area contributed by atoms with Crippen molar-refractivity contribution in [1.82, 2.24) is 4.90 Å². The molecule has 4 aliphatic carbocycles.